The van der Waals surface area contributed by atoms with Crippen LogP contribution in [0, 0.1) is 5.82 Å². The number of aromatic nitrogens is 5. The normalized spacial score (nSPS) is 18.6. The number of pyridine rings is 1. The zero-order valence-electron chi connectivity index (χ0n) is 13.7. The summed E-state index contributed by atoms with van der Waals surface area (Å²) in [4.78, 5) is 22.2. The monoisotopic (exact) mass is 343 g/mol. The van der Waals surface area contributed by atoms with Crippen molar-refractivity contribution < 1.29 is 9.13 Å². The molecule has 1 aliphatic heterocycles. The Morgan fingerprint density at radius 1 is 1.44 bits per heavy atom. The van der Waals surface area contributed by atoms with Crippen LogP contribution in [0.2, 0.25) is 0 Å². The first kappa shape index (κ1) is 15.9. The summed E-state index contributed by atoms with van der Waals surface area (Å²) in [6, 6.07) is 1.70. The van der Waals surface area contributed by atoms with Crippen LogP contribution >= 0.6 is 0 Å². The Labute approximate surface area is 143 Å². The molecule has 4 rings (SSSR count). The second-order valence-electron chi connectivity index (χ2n) is 5.84. The minimum Gasteiger partial charge on any atom is -0.371 e. The molecule has 0 spiro atoms. The highest BCUT2D eigenvalue weighted by Gasteiger charge is 2.26. The van der Waals surface area contributed by atoms with Crippen LogP contribution in [0.4, 0.5) is 10.2 Å². The van der Waals surface area contributed by atoms with Gasteiger partial charge in [0.15, 0.2) is 17.3 Å². The van der Waals surface area contributed by atoms with Crippen molar-refractivity contribution in [3.63, 3.8) is 0 Å². The molecule has 1 aliphatic rings. The topological polar surface area (TPSA) is 91.8 Å². The number of aromatic amines is 1. The number of hydrogen-bond donors (Lipinski definition) is 2. The quantitative estimate of drug-likeness (QED) is 0.742. The molecule has 0 bridgehead atoms. The summed E-state index contributed by atoms with van der Waals surface area (Å²) in [5.41, 5.74) is 1.98. The maximum absolute atomic E-state index is 13.8. The van der Waals surface area contributed by atoms with Gasteiger partial charge in [-0.05, 0) is 6.07 Å². The molecule has 0 aromatic carbocycles. The molecule has 4 heterocycles. The molecule has 3 aromatic heterocycles. The Morgan fingerprint density at radius 3 is 3.20 bits per heavy atom. The van der Waals surface area contributed by atoms with Crippen LogP contribution in [0.5, 0.6) is 0 Å². The van der Waals surface area contributed by atoms with E-state index in [9.17, 15) is 4.39 Å². The standard InChI is InChI=1S/C16H18FN7O/c1-18-15-13-16(21-9-20-13)23-14(22-15)12-8-24(4-5-25-12)7-10-2-3-19-6-11(10)17/h2-3,6,9,12H,4-5,7-8H2,1H3,(H2,18,20,21,22,23). The Morgan fingerprint density at radius 2 is 2.36 bits per heavy atom. The smallest absolute Gasteiger partial charge is 0.183 e. The number of rotatable bonds is 4. The predicted molar refractivity (Wildman–Crippen MR) is 89.4 cm³/mol. The fraction of sp³-hybridized carbons (Fsp3) is 0.375. The summed E-state index contributed by atoms with van der Waals surface area (Å²) >= 11 is 0. The van der Waals surface area contributed by atoms with Gasteiger partial charge in [-0.25, -0.2) is 19.3 Å². The van der Waals surface area contributed by atoms with Crippen molar-refractivity contribution in [2.24, 2.45) is 0 Å². The lowest BCUT2D eigenvalue weighted by molar-refractivity contribution is -0.0373. The number of anilines is 1. The van der Waals surface area contributed by atoms with Gasteiger partial charge < -0.3 is 15.0 Å². The third kappa shape index (κ3) is 3.15. The summed E-state index contributed by atoms with van der Waals surface area (Å²) in [6.07, 6.45) is 4.14. The molecule has 8 nitrogen and oxygen atoms in total. The number of nitrogens with zero attached hydrogens (tertiary/aromatic N) is 5. The summed E-state index contributed by atoms with van der Waals surface area (Å²) in [5.74, 6) is 0.958. The molecule has 0 saturated carbocycles. The summed E-state index contributed by atoms with van der Waals surface area (Å²) < 4.78 is 19.7. The predicted octanol–water partition coefficient (Wildman–Crippen LogP) is 1.50. The van der Waals surface area contributed by atoms with E-state index in [1.807, 2.05) is 0 Å². The number of fused-ring (bicyclic) bond motifs is 1. The number of ether oxygens (including phenoxy) is 1. The Kier molecular flexibility index (Phi) is 4.24. The second kappa shape index (κ2) is 6.69. The third-order valence-corrected chi connectivity index (χ3v) is 4.23. The molecule has 2 N–H and O–H groups in total. The van der Waals surface area contributed by atoms with Gasteiger partial charge in [0, 0.05) is 38.4 Å². The van der Waals surface area contributed by atoms with Gasteiger partial charge in [0.05, 0.1) is 19.1 Å². The average Bonchev–Trinajstić information content (AvgIpc) is 3.12. The first-order valence-corrected chi connectivity index (χ1v) is 8.05. The molecule has 3 aromatic rings. The number of morpholine rings is 1. The molecule has 9 heteroatoms. The van der Waals surface area contributed by atoms with E-state index in [4.69, 9.17) is 4.74 Å². The van der Waals surface area contributed by atoms with Crippen molar-refractivity contribution >= 4 is 17.0 Å². The number of imidazole rings is 1. The summed E-state index contributed by atoms with van der Waals surface area (Å²) in [5, 5.41) is 3.05. The zero-order valence-corrected chi connectivity index (χ0v) is 13.7. The highest BCUT2D eigenvalue weighted by molar-refractivity contribution is 5.82. The van der Waals surface area contributed by atoms with Crippen LogP contribution in [0.25, 0.3) is 11.2 Å². The molecule has 1 atom stereocenters. The van der Waals surface area contributed by atoms with Crippen molar-refractivity contribution in [2.45, 2.75) is 12.6 Å². The van der Waals surface area contributed by atoms with E-state index >= 15 is 0 Å². The van der Waals surface area contributed by atoms with Gasteiger partial charge in [-0.3, -0.25) is 9.88 Å². The van der Waals surface area contributed by atoms with E-state index in [2.05, 4.69) is 35.1 Å². The Bertz CT molecular complexity index is 884. The third-order valence-electron chi connectivity index (χ3n) is 4.23. The minimum atomic E-state index is -0.294. The SMILES string of the molecule is CNc1nc(C2CN(Cc3ccncc3F)CCO2)nc2nc[nH]c12. The van der Waals surface area contributed by atoms with Crippen molar-refractivity contribution in [3.8, 4) is 0 Å². The average molecular weight is 343 g/mol. The number of hydrogen-bond acceptors (Lipinski definition) is 7. The van der Waals surface area contributed by atoms with Crippen LogP contribution in [0.3, 0.4) is 0 Å². The van der Waals surface area contributed by atoms with Gasteiger partial charge in [0.1, 0.15) is 17.4 Å². The van der Waals surface area contributed by atoms with Crippen molar-refractivity contribution in [2.75, 3.05) is 32.1 Å². The van der Waals surface area contributed by atoms with Crippen LogP contribution in [-0.2, 0) is 11.3 Å². The van der Waals surface area contributed by atoms with E-state index in [0.717, 1.165) is 12.1 Å². The van der Waals surface area contributed by atoms with Crippen molar-refractivity contribution in [1.82, 2.24) is 29.8 Å². The fourth-order valence-electron chi connectivity index (χ4n) is 2.95. The van der Waals surface area contributed by atoms with Crippen LogP contribution in [0.1, 0.15) is 17.5 Å². The largest absolute Gasteiger partial charge is 0.371 e. The van der Waals surface area contributed by atoms with E-state index in [-0.39, 0.29) is 11.9 Å². The fourth-order valence-corrected chi connectivity index (χ4v) is 2.95. The van der Waals surface area contributed by atoms with Gasteiger partial charge >= 0.3 is 0 Å². The minimum absolute atomic E-state index is 0.285. The van der Waals surface area contributed by atoms with Gasteiger partial charge in [0.2, 0.25) is 0 Å². The van der Waals surface area contributed by atoms with E-state index in [0.29, 0.717) is 42.5 Å². The lowest BCUT2D eigenvalue weighted by Crippen LogP contribution is -2.38. The van der Waals surface area contributed by atoms with Crippen LogP contribution < -0.4 is 5.32 Å². The van der Waals surface area contributed by atoms with Crippen molar-refractivity contribution in [3.05, 3.63) is 42.0 Å². The lowest BCUT2D eigenvalue weighted by Gasteiger charge is -2.32. The Hall–Kier alpha value is -2.65. The molecule has 0 aliphatic carbocycles. The van der Waals surface area contributed by atoms with E-state index in [1.165, 1.54) is 6.20 Å². The molecule has 1 unspecified atom stereocenters. The van der Waals surface area contributed by atoms with E-state index < -0.39 is 0 Å². The van der Waals surface area contributed by atoms with Crippen LogP contribution in [0.15, 0.2) is 24.8 Å². The number of halogens is 1. The van der Waals surface area contributed by atoms with Crippen molar-refractivity contribution in [1.29, 1.82) is 0 Å². The van der Waals surface area contributed by atoms with Gasteiger partial charge in [-0.2, -0.15) is 0 Å². The highest BCUT2D eigenvalue weighted by atomic mass is 19.1. The zero-order chi connectivity index (χ0) is 17.2. The molecule has 0 radical (unpaired) electrons. The first-order valence-electron chi connectivity index (χ1n) is 8.05. The van der Waals surface area contributed by atoms with Crippen LogP contribution in [-0.4, -0.2) is 56.6 Å². The first-order chi connectivity index (χ1) is 12.2. The summed E-state index contributed by atoms with van der Waals surface area (Å²) in [7, 11) is 1.80. The molecule has 25 heavy (non-hydrogen) atoms. The summed E-state index contributed by atoms with van der Waals surface area (Å²) in [6.45, 7) is 2.34. The van der Waals surface area contributed by atoms with E-state index in [1.54, 1.807) is 25.6 Å². The lowest BCUT2D eigenvalue weighted by atomic mass is 10.2. The second-order valence-corrected chi connectivity index (χ2v) is 5.84. The molecule has 130 valence electrons. The molecule has 1 fully saturated rings. The number of H-pyrrole nitrogens is 1. The van der Waals surface area contributed by atoms with Gasteiger partial charge in [0.25, 0.3) is 0 Å². The Balaban J connectivity index is 1.56. The highest BCUT2D eigenvalue weighted by Crippen LogP contribution is 2.25. The van der Waals surface area contributed by atoms with Gasteiger partial charge in [-0.1, -0.05) is 0 Å². The molecular weight excluding hydrogens is 325 g/mol. The maximum atomic E-state index is 13.8. The molecular formula is C16H18FN7O. The molecule has 0 amide bonds. The van der Waals surface area contributed by atoms with Gasteiger partial charge in [-0.15, -0.1) is 0 Å². The molecule has 1 saturated heterocycles. The number of nitrogens with one attached hydrogen (secondary N) is 2. The maximum Gasteiger partial charge on any atom is 0.183 e.